The molecule has 1 fully saturated rings. The van der Waals surface area contributed by atoms with E-state index in [1.54, 1.807) is 28.9 Å². The summed E-state index contributed by atoms with van der Waals surface area (Å²) in [5.74, 6) is -0.929. The van der Waals surface area contributed by atoms with Crippen LogP contribution in [0.5, 0.6) is 0 Å². The molecule has 0 atom stereocenters. The van der Waals surface area contributed by atoms with Crippen LogP contribution < -0.4 is 0 Å². The van der Waals surface area contributed by atoms with E-state index >= 15 is 0 Å². The maximum atomic E-state index is 11.1. The van der Waals surface area contributed by atoms with E-state index < -0.39 is 5.97 Å². The van der Waals surface area contributed by atoms with E-state index in [2.05, 4.69) is 29.8 Å². The molecule has 0 unspecified atom stereocenters. The monoisotopic (exact) mass is 400 g/mol. The van der Waals surface area contributed by atoms with Gasteiger partial charge in [-0.1, -0.05) is 31.9 Å². The van der Waals surface area contributed by atoms with Gasteiger partial charge < -0.3 is 5.11 Å². The Hall–Kier alpha value is -3.41. The Kier molecular flexibility index (Phi) is 4.62. The molecular formula is C24H24N4O2. The molecule has 0 saturated heterocycles. The number of nitrogens with zero attached hydrogens (tertiary/aromatic N) is 4. The molecule has 0 bridgehead atoms. The zero-order valence-corrected chi connectivity index (χ0v) is 17.0. The molecule has 6 heteroatoms. The molecule has 2 aromatic heterocycles. The van der Waals surface area contributed by atoms with Crippen molar-refractivity contribution in [1.82, 2.24) is 19.6 Å². The molecule has 0 radical (unpaired) electrons. The van der Waals surface area contributed by atoms with Crippen LogP contribution >= 0.6 is 0 Å². The molecule has 0 amide bonds. The number of aryl methyl sites for hydroxylation is 1. The molecule has 0 aliphatic heterocycles. The number of aromatic carboxylic acids is 1. The van der Waals surface area contributed by atoms with Crippen molar-refractivity contribution in [2.75, 3.05) is 0 Å². The molecule has 1 N–H and O–H groups in total. The summed E-state index contributed by atoms with van der Waals surface area (Å²) >= 11 is 0. The largest absolute Gasteiger partial charge is 0.478 e. The SMILES string of the molecule is CCc1nn(C2CCCC2)c2cc(-c3ccn(-c4ccc(C(=O)O)cc4)n3)ccc12. The topological polar surface area (TPSA) is 72.9 Å². The van der Waals surface area contributed by atoms with Crippen LogP contribution in [0.4, 0.5) is 0 Å². The zero-order chi connectivity index (χ0) is 20.7. The van der Waals surface area contributed by atoms with E-state index in [0.29, 0.717) is 6.04 Å². The maximum Gasteiger partial charge on any atom is 0.335 e. The number of aromatic nitrogens is 4. The number of benzene rings is 2. The van der Waals surface area contributed by atoms with Crippen molar-refractivity contribution in [3.05, 3.63) is 66.0 Å². The Balaban J connectivity index is 1.52. The minimum atomic E-state index is -0.929. The molecule has 30 heavy (non-hydrogen) atoms. The molecule has 1 saturated carbocycles. The third kappa shape index (κ3) is 3.18. The average Bonchev–Trinajstić information content (AvgIpc) is 3.52. The van der Waals surface area contributed by atoms with Crippen LogP contribution in [0.3, 0.4) is 0 Å². The highest BCUT2D eigenvalue weighted by molar-refractivity contribution is 5.88. The van der Waals surface area contributed by atoms with E-state index in [1.165, 1.54) is 36.6 Å². The number of hydrogen-bond donors (Lipinski definition) is 1. The predicted molar refractivity (Wildman–Crippen MR) is 116 cm³/mol. The van der Waals surface area contributed by atoms with Crippen LogP contribution in [0.15, 0.2) is 54.7 Å². The summed E-state index contributed by atoms with van der Waals surface area (Å²) in [5, 5.41) is 20.0. The molecule has 1 aliphatic carbocycles. The summed E-state index contributed by atoms with van der Waals surface area (Å²) in [6.07, 6.45) is 7.78. The number of carbonyl (C=O) groups is 1. The Labute approximate surface area is 174 Å². The van der Waals surface area contributed by atoms with E-state index in [-0.39, 0.29) is 5.56 Å². The first-order valence-corrected chi connectivity index (χ1v) is 10.5. The third-order valence-electron chi connectivity index (χ3n) is 6.05. The van der Waals surface area contributed by atoms with Gasteiger partial charge in [-0.05, 0) is 55.7 Å². The van der Waals surface area contributed by atoms with Gasteiger partial charge in [0.25, 0.3) is 0 Å². The van der Waals surface area contributed by atoms with Crippen molar-refractivity contribution >= 4 is 16.9 Å². The van der Waals surface area contributed by atoms with Gasteiger partial charge in [0.1, 0.15) is 0 Å². The lowest BCUT2D eigenvalue weighted by molar-refractivity contribution is 0.0697. The van der Waals surface area contributed by atoms with Crippen LogP contribution in [-0.2, 0) is 6.42 Å². The zero-order valence-electron chi connectivity index (χ0n) is 17.0. The summed E-state index contributed by atoms with van der Waals surface area (Å²) < 4.78 is 4.02. The van der Waals surface area contributed by atoms with Gasteiger partial charge in [-0.25, -0.2) is 9.48 Å². The first-order valence-electron chi connectivity index (χ1n) is 10.5. The Morgan fingerprint density at radius 1 is 1.07 bits per heavy atom. The van der Waals surface area contributed by atoms with Gasteiger partial charge in [0.15, 0.2) is 0 Å². The molecule has 2 heterocycles. The first-order chi connectivity index (χ1) is 14.6. The second kappa shape index (κ2) is 7.44. The average molecular weight is 400 g/mol. The lowest BCUT2D eigenvalue weighted by Gasteiger charge is -2.11. The fraction of sp³-hybridized carbons (Fsp3) is 0.292. The highest BCUT2D eigenvalue weighted by Gasteiger charge is 2.21. The molecule has 2 aromatic carbocycles. The molecule has 6 nitrogen and oxygen atoms in total. The van der Waals surface area contributed by atoms with E-state index in [9.17, 15) is 4.79 Å². The van der Waals surface area contributed by atoms with Crippen molar-refractivity contribution in [3.63, 3.8) is 0 Å². The molecule has 152 valence electrons. The minimum Gasteiger partial charge on any atom is -0.478 e. The Bertz CT molecular complexity index is 1210. The minimum absolute atomic E-state index is 0.267. The van der Waals surface area contributed by atoms with Gasteiger partial charge in [-0.15, -0.1) is 0 Å². The molecule has 1 aliphatic rings. The van der Waals surface area contributed by atoms with Crippen molar-refractivity contribution in [2.24, 2.45) is 0 Å². The summed E-state index contributed by atoms with van der Waals surface area (Å²) in [5.41, 5.74) is 5.39. The van der Waals surface area contributed by atoms with Gasteiger partial charge in [0.05, 0.1) is 34.2 Å². The van der Waals surface area contributed by atoms with Crippen LogP contribution in [0.2, 0.25) is 0 Å². The van der Waals surface area contributed by atoms with Crippen molar-refractivity contribution in [1.29, 1.82) is 0 Å². The fourth-order valence-corrected chi connectivity index (χ4v) is 4.43. The maximum absolute atomic E-state index is 11.1. The number of fused-ring (bicyclic) bond motifs is 1. The second-order valence-electron chi connectivity index (χ2n) is 7.91. The Morgan fingerprint density at radius 3 is 2.53 bits per heavy atom. The van der Waals surface area contributed by atoms with Gasteiger partial charge >= 0.3 is 5.97 Å². The second-order valence-corrected chi connectivity index (χ2v) is 7.91. The fourth-order valence-electron chi connectivity index (χ4n) is 4.43. The van der Waals surface area contributed by atoms with Gasteiger partial charge in [0, 0.05) is 17.1 Å². The van der Waals surface area contributed by atoms with E-state index in [0.717, 1.165) is 29.1 Å². The van der Waals surface area contributed by atoms with Gasteiger partial charge in [-0.2, -0.15) is 10.2 Å². The van der Waals surface area contributed by atoms with Crippen LogP contribution in [0, 0.1) is 0 Å². The first kappa shape index (κ1) is 18.6. The smallest absolute Gasteiger partial charge is 0.335 e. The van der Waals surface area contributed by atoms with E-state index in [4.69, 9.17) is 15.3 Å². The highest BCUT2D eigenvalue weighted by atomic mass is 16.4. The Morgan fingerprint density at radius 2 is 1.83 bits per heavy atom. The van der Waals surface area contributed by atoms with E-state index in [1.807, 2.05) is 12.3 Å². The van der Waals surface area contributed by atoms with Gasteiger partial charge in [0.2, 0.25) is 0 Å². The molecule has 0 spiro atoms. The number of hydrogen-bond acceptors (Lipinski definition) is 3. The summed E-state index contributed by atoms with van der Waals surface area (Å²) in [6, 6.07) is 15.7. The van der Waals surface area contributed by atoms with Crippen LogP contribution in [0.25, 0.3) is 27.8 Å². The summed E-state index contributed by atoms with van der Waals surface area (Å²) in [7, 11) is 0. The van der Waals surface area contributed by atoms with Gasteiger partial charge in [-0.3, -0.25) is 4.68 Å². The van der Waals surface area contributed by atoms with Crippen molar-refractivity contribution < 1.29 is 9.90 Å². The predicted octanol–water partition coefficient (Wildman–Crippen LogP) is 5.26. The quantitative estimate of drug-likeness (QED) is 0.496. The number of rotatable bonds is 5. The molecule has 4 aromatic rings. The number of carboxylic acid groups (broad SMARTS) is 1. The standard InChI is InChI=1S/C24H24N4O2/c1-2-21-20-12-9-17(15-23(20)28(26-21)19-5-3-4-6-19)22-13-14-27(25-22)18-10-7-16(8-11-18)24(29)30/h7-15,19H,2-6H2,1H3,(H,29,30). The lowest BCUT2D eigenvalue weighted by atomic mass is 10.1. The van der Waals surface area contributed by atoms with Crippen molar-refractivity contribution in [3.8, 4) is 16.9 Å². The van der Waals surface area contributed by atoms with Crippen molar-refractivity contribution in [2.45, 2.75) is 45.1 Å². The van der Waals surface area contributed by atoms with Crippen LogP contribution in [0.1, 0.15) is 54.7 Å². The normalized spacial score (nSPS) is 14.6. The molecular weight excluding hydrogens is 376 g/mol. The number of carboxylic acids is 1. The summed E-state index contributed by atoms with van der Waals surface area (Å²) in [6.45, 7) is 2.16. The highest BCUT2D eigenvalue weighted by Crippen LogP contribution is 2.34. The summed E-state index contributed by atoms with van der Waals surface area (Å²) in [4.78, 5) is 11.1. The lowest BCUT2D eigenvalue weighted by Crippen LogP contribution is -2.06. The molecule has 5 rings (SSSR count). The van der Waals surface area contributed by atoms with Crippen LogP contribution in [-0.4, -0.2) is 30.6 Å². The third-order valence-corrected chi connectivity index (χ3v) is 6.05.